The van der Waals surface area contributed by atoms with Gasteiger partial charge in [0.15, 0.2) is 0 Å². The lowest BCUT2D eigenvalue weighted by atomic mass is 10.1. The summed E-state index contributed by atoms with van der Waals surface area (Å²) in [5.74, 6) is -0.726. The van der Waals surface area contributed by atoms with Gasteiger partial charge in [-0.2, -0.15) is 13.2 Å². The number of carbonyl (C=O) groups excluding carboxylic acids is 1. The van der Waals surface area contributed by atoms with Gasteiger partial charge in [0.25, 0.3) is 0 Å². The minimum atomic E-state index is -4.52. The van der Waals surface area contributed by atoms with E-state index in [-0.39, 0.29) is 12.0 Å². The zero-order valence-corrected chi connectivity index (χ0v) is 8.19. The Morgan fingerprint density at radius 2 is 2.00 bits per heavy atom. The van der Waals surface area contributed by atoms with E-state index in [9.17, 15) is 18.0 Å². The normalized spacial score (nSPS) is 11.5. The number of primary amides is 1. The monoisotopic (exact) mass is 237 g/mol. The van der Waals surface area contributed by atoms with Crippen LogP contribution in [0, 0.1) is 0 Å². The van der Waals surface area contributed by atoms with Crippen LogP contribution in [0.15, 0.2) is 18.2 Å². The molecule has 0 atom stereocenters. The third-order valence-electron chi connectivity index (χ3n) is 1.75. The van der Waals surface area contributed by atoms with E-state index in [4.69, 9.17) is 17.3 Å². The number of rotatable bonds is 2. The fourth-order valence-corrected chi connectivity index (χ4v) is 1.42. The molecule has 0 aliphatic carbocycles. The molecule has 0 aliphatic rings. The van der Waals surface area contributed by atoms with Gasteiger partial charge in [-0.05, 0) is 11.6 Å². The summed E-state index contributed by atoms with van der Waals surface area (Å²) in [6.07, 6.45) is -4.83. The van der Waals surface area contributed by atoms with Gasteiger partial charge in [-0.3, -0.25) is 4.79 Å². The Balaban J connectivity index is 3.17. The van der Waals surface area contributed by atoms with Crippen molar-refractivity contribution in [1.29, 1.82) is 0 Å². The summed E-state index contributed by atoms with van der Waals surface area (Å²) in [6, 6.07) is 3.38. The first-order chi connectivity index (χ1) is 6.82. The molecule has 2 N–H and O–H groups in total. The first-order valence-corrected chi connectivity index (χ1v) is 4.33. The van der Waals surface area contributed by atoms with Crippen LogP contribution >= 0.6 is 11.6 Å². The minimum Gasteiger partial charge on any atom is -0.369 e. The Hall–Kier alpha value is -1.23. The van der Waals surface area contributed by atoms with Gasteiger partial charge in [-0.15, -0.1) is 0 Å². The molecule has 1 amide bonds. The van der Waals surface area contributed by atoms with Crippen molar-refractivity contribution < 1.29 is 18.0 Å². The molecule has 0 bridgehead atoms. The summed E-state index contributed by atoms with van der Waals surface area (Å²) in [6.45, 7) is 0. The van der Waals surface area contributed by atoms with Gasteiger partial charge in [0, 0.05) is 0 Å². The maximum absolute atomic E-state index is 12.4. The van der Waals surface area contributed by atoms with Crippen LogP contribution in [0.5, 0.6) is 0 Å². The highest BCUT2D eigenvalue weighted by Crippen LogP contribution is 2.36. The largest absolute Gasteiger partial charge is 0.417 e. The van der Waals surface area contributed by atoms with Crippen molar-refractivity contribution in [3.63, 3.8) is 0 Å². The number of amides is 1. The van der Waals surface area contributed by atoms with Gasteiger partial charge in [0.05, 0.1) is 17.0 Å². The van der Waals surface area contributed by atoms with Crippen molar-refractivity contribution in [2.45, 2.75) is 12.6 Å². The van der Waals surface area contributed by atoms with E-state index in [0.29, 0.717) is 0 Å². The zero-order valence-electron chi connectivity index (χ0n) is 7.44. The van der Waals surface area contributed by atoms with Crippen LogP contribution in [-0.4, -0.2) is 5.91 Å². The number of carbonyl (C=O) groups is 1. The maximum atomic E-state index is 12.4. The lowest BCUT2D eigenvalue weighted by Crippen LogP contribution is -2.15. The van der Waals surface area contributed by atoms with E-state index in [1.807, 2.05) is 0 Å². The molecule has 6 heteroatoms. The van der Waals surface area contributed by atoms with Crippen LogP contribution in [-0.2, 0) is 17.4 Å². The molecule has 0 aromatic heterocycles. The molecular formula is C9H7ClF3NO. The number of benzene rings is 1. The van der Waals surface area contributed by atoms with Crippen molar-refractivity contribution in [1.82, 2.24) is 0 Å². The van der Waals surface area contributed by atoms with Gasteiger partial charge < -0.3 is 5.73 Å². The quantitative estimate of drug-likeness (QED) is 0.843. The van der Waals surface area contributed by atoms with Crippen molar-refractivity contribution in [3.05, 3.63) is 34.3 Å². The van der Waals surface area contributed by atoms with Crippen LogP contribution in [0.1, 0.15) is 11.1 Å². The number of hydrogen-bond donors (Lipinski definition) is 1. The van der Waals surface area contributed by atoms with Gasteiger partial charge in [-0.25, -0.2) is 0 Å². The predicted molar refractivity (Wildman–Crippen MR) is 49.4 cm³/mol. The van der Waals surface area contributed by atoms with Crippen LogP contribution < -0.4 is 5.73 Å². The summed E-state index contributed by atoms with van der Waals surface area (Å²) in [7, 11) is 0. The van der Waals surface area contributed by atoms with Crippen LogP contribution in [0.2, 0.25) is 5.02 Å². The summed E-state index contributed by atoms with van der Waals surface area (Å²) >= 11 is 5.51. The SMILES string of the molecule is NC(=O)Cc1cccc(C(F)(F)F)c1Cl. The molecular weight excluding hydrogens is 231 g/mol. The van der Waals surface area contributed by atoms with Crippen molar-refractivity contribution in [3.8, 4) is 0 Å². The van der Waals surface area contributed by atoms with Crippen LogP contribution in [0.4, 0.5) is 13.2 Å². The molecule has 0 heterocycles. The fourth-order valence-electron chi connectivity index (χ4n) is 1.12. The highest BCUT2D eigenvalue weighted by molar-refractivity contribution is 6.32. The Morgan fingerprint density at radius 1 is 1.40 bits per heavy atom. The summed E-state index contributed by atoms with van der Waals surface area (Å²) in [5.41, 5.74) is 4.00. The molecule has 0 radical (unpaired) electrons. The van der Waals surface area contributed by atoms with Gasteiger partial charge >= 0.3 is 6.18 Å². The molecule has 0 saturated heterocycles. The number of alkyl halides is 3. The Kier molecular flexibility index (Phi) is 3.24. The van der Waals surface area contributed by atoms with Crippen molar-refractivity contribution in [2.24, 2.45) is 5.73 Å². The lowest BCUT2D eigenvalue weighted by molar-refractivity contribution is -0.137. The zero-order chi connectivity index (χ0) is 11.6. The average molecular weight is 238 g/mol. The number of nitrogens with two attached hydrogens (primary N) is 1. The molecule has 1 rings (SSSR count). The summed E-state index contributed by atoms with van der Waals surface area (Å²) in [5, 5.41) is -0.469. The molecule has 15 heavy (non-hydrogen) atoms. The Labute approximate surface area is 88.8 Å². The first-order valence-electron chi connectivity index (χ1n) is 3.95. The molecule has 0 spiro atoms. The van der Waals surface area contributed by atoms with E-state index < -0.39 is 22.7 Å². The molecule has 1 aromatic carbocycles. The van der Waals surface area contributed by atoms with Gasteiger partial charge in [-0.1, -0.05) is 23.7 Å². The Morgan fingerprint density at radius 3 is 2.47 bits per heavy atom. The van der Waals surface area contributed by atoms with E-state index in [1.54, 1.807) is 0 Å². The van der Waals surface area contributed by atoms with Crippen molar-refractivity contribution in [2.75, 3.05) is 0 Å². The van der Waals surface area contributed by atoms with Gasteiger partial charge in [0.1, 0.15) is 0 Å². The van der Waals surface area contributed by atoms with E-state index in [1.165, 1.54) is 12.1 Å². The van der Waals surface area contributed by atoms with Crippen LogP contribution in [0.3, 0.4) is 0 Å². The first kappa shape index (κ1) is 11.8. The highest BCUT2D eigenvalue weighted by Gasteiger charge is 2.33. The number of hydrogen-bond acceptors (Lipinski definition) is 1. The standard InChI is InChI=1S/C9H7ClF3NO/c10-8-5(4-7(14)15)2-1-3-6(8)9(11,12)13/h1-3H,4H2,(H2,14,15). The molecule has 1 aromatic rings. The smallest absolute Gasteiger partial charge is 0.369 e. The van der Waals surface area contributed by atoms with E-state index in [0.717, 1.165) is 6.07 Å². The Bertz CT molecular complexity index is 389. The fraction of sp³-hybridized carbons (Fsp3) is 0.222. The molecule has 2 nitrogen and oxygen atoms in total. The van der Waals surface area contributed by atoms with Crippen molar-refractivity contribution >= 4 is 17.5 Å². The summed E-state index contributed by atoms with van der Waals surface area (Å²) in [4.78, 5) is 10.6. The highest BCUT2D eigenvalue weighted by atomic mass is 35.5. The second-order valence-corrected chi connectivity index (χ2v) is 3.30. The average Bonchev–Trinajstić information content (AvgIpc) is 2.05. The molecule has 0 saturated carbocycles. The topological polar surface area (TPSA) is 43.1 Å². The predicted octanol–water partition coefficient (Wildman–Crippen LogP) is 2.39. The van der Waals surface area contributed by atoms with Gasteiger partial charge in [0.2, 0.25) is 5.91 Å². The maximum Gasteiger partial charge on any atom is 0.417 e. The molecule has 0 aliphatic heterocycles. The van der Waals surface area contributed by atoms with E-state index >= 15 is 0 Å². The third kappa shape index (κ3) is 2.86. The second kappa shape index (κ2) is 4.10. The van der Waals surface area contributed by atoms with E-state index in [2.05, 4.69) is 0 Å². The molecule has 0 fully saturated rings. The third-order valence-corrected chi connectivity index (χ3v) is 2.20. The second-order valence-electron chi connectivity index (χ2n) is 2.92. The number of halogens is 4. The minimum absolute atomic E-state index is 0.0824. The lowest BCUT2D eigenvalue weighted by Gasteiger charge is -2.11. The summed E-state index contributed by atoms with van der Waals surface area (Å²) < 4.78 is 37.1. The molecule has 82 valence electrons. The molecule has 0 unspecified atom stereocenters. The van der Waals surface area contributed by atoms with Crippen LogP contribution in [0.25, 0.3) is 0 Å².